The van der Waals surface area contributed by atoms with Crippen LogP contribution in [-0.4, -0.2) is 79.3 Å². The summed E-state index contributed by atoms with van der Waals surface area (Å²) in [6.45, 7) is 46.3. The van der Waals surface area contributed by atoms with E-state index in [2.05, 4.69) is 103 Å². The van der Waals surface area contributed by atoms with E-state index in [4.69, 9.17) is 56.8 Å². The molecule has 600 valence electrons. The first-order chi connectivity index (χ1) is 50.0. The van der Waals surface area contributed by atoms with Gasteiger partial charge in [0, 0.05) is 22.3 Å². The zero-order chi connectivity index (χ0) is 77.7. The second-order valence-corrected chi connectivity index (χ2v) is 27.9. The van der Waals surface area contributed by atoms with Crippen LogP contribution in [0.2, 0.25) is 0 Å². The molecule has 0 saturated carbocycles. The topological polar surface area (TPSA) is 240 Å². The number of hydrogen-bond donors (Lipinski definition) is 0. The molecule has 0 saturated heterocycles. The summed E-state index contributed by atoms with van der Waals surface area (Å²) in [6.07, 6.45) is 23.8. The first-order valence-corrected chi connectivity index (χ1v) is 39.5. The van der Waals surface area contributed by atoms with Crippen molar-refractivity contribution >= 4 is 0 Å². The van der Waals surface area contributed by atoms with Crippen molar-refractivity contribution in [3.05, 3.63) is 70.8 Å². The molecule has 0 unspecified atom stereocenters. The minimum Gasteiger partial charge on any atom is -0.723 e. The number of ether oxygens (including phenoxy) is 12. The average molecular weight is 1560 g/mol. The van der Waals surface area contributed by atoms with Gasteiger partial charge in [-0.3, -0.25) is 0 Å². The van der Waals surface area contributed by atoms with Gasteiger partial charge < -0.3 is 97.4 Å². The van der Waals surface area contributed by atoms with Crippen LogP contribution in [-0.2, 0) is 68.2 Å². The molecule has 4 aromatic rings. The van der Waals surface area contributed by atoms with Crippen molar-refractivity contribution in [1.82, 2.24) is 0 Å². The summed E-state index contributed by atoms with van der Waals surface area (Å²) in [5.74, 6) is 7.18. The summed E-state index contributed by atoms with van der Waals surface area (Å²) in [6, 6.07) is 14.7. The fourth-order valence-electron chi connectivity index (χ4n) is 9.68. The van der Waals surface area contributed by atoms with Crippen molar-refractivity contribution in [2.24, 2.45) is 0 Å². The van der Waals surface area contributed by atoms with Gasteiger partial charge in [-0.1, -0.05) is 160 Å². The van der Waals surface area contributed by atoms with Crippen LogP contribution in [0.3, 0.4) is 0 Å². The molecule has 0 heterocycles. The Hall–Kier alpha value is -4.96. The molecule has 4 rings (SSSR count). The largest absolute Gasteiger partial charge is 4.00 e. The van der Waals surface area contributed by atoms with E-state index in [1.165, 1.54) is 0 Å². The van der Waals surface area contributed by atoms with Crippen molar-refractivity contribution in [3.63, 3.8) is 0 Å². The molecule has 0 aliphatic rings. The SMILES string of the molecule is CCCCOc1ccc(C(C)(C)O[O-])c(OCCCC)c1OCCCC.CCCCOc1ccc(C(C)(C)O[O-])c(OCCCC)c1OCCCC.CCCCOc1ccc(C(C)(C)O[O-])c(OCCCC)c1OCCCC.CCCCOc1ccc(C(C)(C)O[O-])c(OCCCC)c1OCCCC.[Zr+4]. The van der Waals surface area contributed by atoms with Crippen LogP contribution in [0.1, 0.15) is 315 Å². The molecular weight excluding hydrogens is 1420 g/mol. The van der Waals surface area contributed by atoms with Crippen molar-refractivity contribution in [2.75, 3.05) is 79.3 Å². The molecule has 105 heavy (non-hydrogen) atoms. The fraction of sp³-hybridized carbons (Fsp3) is 0.714. The standard InChI is InChI=1S/4C21H36O5.Zr/c4*1-6-9-14-23-18-13-12-17(21(4,5)26-22)19(24-15-10-7-2)20(18)25-16-11-8-3;/h4*12-13,22H,6-11,14-16H2,1-5H3;/q;;;;+4/p-4. The summed E-state index contributed by atoms with van der Waals surface area (Å²) < 4.78 is 72.1. The van der Waals surface area contributed by atoms with E-state index in [0.717, 1.165) is 154 Å². The maximum absolute atomic E-state index is 11.3. The zero-order valence-electron chi connectivity index (χ0n) is 68.7. The van der Waals surface area contributed by atoms with E-state index in [0.29, 0.717) is 171 Å². The second kappa shape index (κ2) is 59.0. The molecule has 0 radical (unpaired) electrons. The predicted octanol–water partition coefficient (Wildman–Crippen LogP) is 19.0. The smallest absolute Gasteiger partial charge is 0.723 e. The third-order valence-electron chi connectivity index (χ3n) is 16.7. The zero-order valence-corrected chi connectivity index (χ0v) is 71.2. The van der Waals surface area contributed by atoms with Crippen LogP contribution >= 0.6 is 0 Å². The number of unbranched alkanes of at least 4 members (excludes halogenated alkanes) is 12. The summed E-state index contributed by atoms with van der Waals surface area (Å²) >= 11 is 0. The Balaban J connectivity index is 0.00000137. The van der Waals surface area contributed by atoms with Gasteiger partial charge in [0.05, 0.1) is 102 Å². The van der Waals surface area contributed by atoms with Crippen LogP contribution < -0.4 is 77.9 Å². The van der Waals surface area contributed by atoms with E-state index < -0.39 is 22.4 Å². The molecule has 21 heteroatoms. The average Bonchev–Trinajstić information content (AvgIpc) is 0.814. The number of benzene rings is 4. The van der Waals surface area contributed by atoms with Crippen molar-refractivity contribution < 1.29 is 124 Å². The van der Waals surface area contributed by atoms with Gasteiger partial charge in [0.1, 0.15) is 0 Å². The van der Waals surface area contributed by atoms with Gasteiger partial charge in [-0.05, 0) is 181 Å². The quantitative estimate of drug-likeness (QED) is 0.0227. The molecule has 0 amide bonds. The van der Waals surface area contributed by atoms with Crippen LogP contribution in [0.25, 0.3) is 0 Å². The van der Waals surface area contributed by atoms with Crippen LogP contribution in [0.4, 0.5) is 0 Å². The van der Waals surface area contributed by atoms with Crippen LogP contribution in [0.15, 0.2) is 48.5 Å². The molecule has 0 aromatic heterocycles. The third-order valence-corrected chi connectivity index (χ3v) is 16.7. The van der Waals surface area contributed by atoms with Gasteiger partial charge in [-0.25, -0.2) is 0 Å². The third kappa shape index (κ3) is 36.9. The van der Waals surface area contributed by atoms with Gasteiger partial charge in [-0.15, -0.1) is 0 Å². The summed E-state index contributed by atoms with van der Waals surface area (Å²) in [5, 5.41) is 45.1. The monoisotopic (exact) mass is 1560 g/mol. The molecule has 0 atom stereocenters. The Labute approximate surface area is 653 Å². The first-order valence-electron chi connectivity index (χ1n) is 39.5. The van der Waals surface area contributed by atoms with Crippen molar-refractivity contribution in [1.29, 1.82) is 0 Å². The first kappa shape index (κ1) is 100. The van der Waals surface area contributed by atoms with Crippen molar-refractivity contribution in [2.45, 2.75) is 315 Å². The Morgan fingerprint density at radius 2 is 0.324 bits per heavy atom. The van der Waals surface area contributed by atoms with Crippen molar-refractivity contribution in [3.8, 4) is 69.0 Å². The fourth-order valence-corrected chi connectivity index (χ4v) is 9.68. The molecule has 0 spiro atoms. The van der Waals surface area contributed by atoms with E-state index in [1.54, 1.807) is 55.4 Å². The Kier molecular flexibility index (Phi) is 56.2. The Morgan fingerprint density at radius 3 is 0.448 bits per heavy atom. The van der Waals surface area contributed by atoms with E-state index in [1.807, 2.05) is 48.5 Å². The predicted molar refractivity (Wildman–Crippen MR) is 407 cm³/mol. The summed E-state index contributed by atoms with van der Waals surface area (Å²) in [7, 11) is 0. The van der Waals surface area contributed by atoms with Gasteiger partial charge in [0.2, 0.25) is 23.0 Å². The normalized spacial score (nSPS) is 11.4. The van der Waals surface area contributed by atoms with Gasteiger partial charge >= 0.3 is 26.2 Å². The molecule has 0 aliphatic carbocycles. The summed E-state index contributed by atoms with van der Waals surface area (Å²) in [4.78, 5) is 17.9. The second-order valence-electron chi connectivity index (χ2n) is 27.9. The van der Waals surface area contributed by atoms with Crippen LogP contribution in [0, 0.1) is 0 Å². The molecule has 0 aliphatic heterocycles. The van der Waals surface area contributed by atoms with Gasteiger partial charge in [0.15, 0.2) is 46.0 Å². The maximum Gasteiger partial charge on any atom is 4.00 e. The number of hydrogen-bond acceptors (Lipinski definition) is 20. The van der Waals surface area contributed by atoms with Gasteiger partial charge in [-0.2, -0.15) is 0 Å². The molecule has 0 fully saturated rings. The minimum atomic E-state index is -1.02. The van der Waals surface area contributed by atoms with E-state index >= 15 is 0 Å². The molecule has 4 aromatic carbocycles. The summed E-state index contributed by atoms with van der Waals surface area (Å²) in [5.41, 5.74) is -1.37. The van der Waals surface area contributed by atoms with Crippen LogP contribution in [0.5, 0.6) is 69.0 Å². The Bertz CT molecular complexity index is 2440. The minimum absolute atomic E-state index is 0. The van der Waals surface area contributed by atoms with E-state index in [9.17, 15) is 21.0 Å². The molecule has 0 bridgehead atoms. The van der Waals surface area contributed by atoms with E-state index in [-0.39, 0.29) is 26.2 Å². The number of rotatable bonds is 56. The van der Waals surface area contributed by atoms with Gasteiger partial charge in [0.25, 0.3) is 0 Å². The Morgan fingerprint density at radius 1 is 0.200 bits per heavy atom. The molecule has 20 nitrogen and oxygen atoms in total. The molecular formula is C84H140O20Zr. The maximum atomic E-state index is 11.3. The molecule has 0 N–H and O–H groups in total.